The molecule has 3 fully saturated rings. The molecule has 4 rings (SSSR count). The third-order valence-corrected chi connectivity index (χ3v) is 7.47. The Kier molecular flexibility index (Phi) is 6.11. The first-order valence-corrected chi connectivity index (χ1v) is 11.4. The van der Waals surface area contributed by atoms with E-state index in [-0.39, 0.29) is 29.7 Å². The van der Waals surface area contributed by atoms with E-state index < -0.39 is 0 Å². The molecule has 3 aliphatic rings. The van der Waals surface area contributed by atoms with Crippen molar-refractivity contribution in [1.82, 2.24) is 14.7 Å². The van der Waals surface area contributed by atoms with Gasteiger partial charge in [0.1, 0.15) is 0 Å². The highest BCUT2D eigenvalue weighted by atomic mass is 16.2. The highest BCUT2D eigenvalue weighted by Gasteiger charge is 2.43. The lowest BCUT2D eigenvalue weighted by Crippen LogP contribution is -2.52. The zero-order valence-corrected chi connectivity index (χ0v) is 18.1. The fraction of sp³-hybridized carbons (Fsp3) is 0.625. The van der Waals surface area contributed by atoms with Crippen molar-refractivity contribution in [2.24, 2.45) is 17.8 Å². The summed E-state index contributed by atoms with van der Waals surface area (Å²) in [6.07, 6.45) is 3.78. The molecular weight excluding hydrogens is 378 g/mol. The van der Waals surface area contributed by atoms with E-state index in [2.05, 4.69) is 13.8 Å². The second-order valence-corrected chi connectivity index (χ2v) is 9.27. The second-order valence-electron chi connectivity index (χ2n) is 9.27. The molecule has 3 amide bonds. The Bertz CT molecular complexity index is 788. The molecule has 1 aromatic carbocycles. The van der Waals surface area contributed by atoms with Crippen LogP contribution in [0.4, 0.5) is 0 Å². The molecule has 2 saturated heterocycles. The average molecular weight is 412 g/mol. The molecule has 4 atom stereocenters. The van der Waals surface area contributed by atoms with Crippen LogP contribution in [0.25, 0.3) is 0 Å². The summed E-state index contributed by atoms with van der Waals surface area (Å²) in [6, 6.07) is 9.55. The van der Waals surface area contributed by atoms with Crippen molar-refractivity contribution in [3.05, 3.63) is 35.9 Å². The molecule has 2 aliphatic heterocycles. The molecular formula is C24H33N3O3. The largest absolute Gasteiger partial charge is 0.339 e. The van der Waals surface area contributed by atoms with Crippen LogP contribution in [0.1, 0.15) is 49.9 Å². The summed E-state index contributed by atoms with van der Waals surface area (Å²) in [7, 11) is 0. The van der Waals surface area contributed by atoms with Crippen LogP contribution in [-0.2, 0) is 9.59 Å². The predicted molar refractivity (Wildman–Crippen MR) is 115 cm³/mol. The molecule has 0 aromatic heterocycles. The smallest absolute Gasteiger partial charge is 0.253 e. The summed E-state index contributed by atoms with van der Waals surface area (Å²) in [6.45, 7) is 7.25. The normalized spacial score (nSPS) is 29.9. The monoisotopic (exact) mass is 411 g/mol. The lowest BCUT2D eigenvalue weighted by Gasteiger charge is -2.40. The van der Waals surface area contributed by atoms with Crippen LogP contribution in [0.15, 0.2) is 30.3 Å². The molecule has 1 saturated carbocycles. The summed E-state index contributed by atoms with van der Waals surface area (Å²) in [4.78, 5) is 44.1. The van der Waals surface area contributed by atoms with E-state index in [1.165, 1.54) is 6.42 Å². The maximum absolute atomic E-state index is 13.1. The number of nitrogens with zero attached hydrogens (tertiary/aromatic N) is 3. The van der Waals surface area contributed by atoms with Crippen molar-refractivity contribution in [3.63, 3.8) is 0 Å². The Balaban J connectivity index is 1.32. The molecule has 0 N–H and O–H groups in total. The standard InChI is InChI=1S/C24H33N3O3/c1-17-7-6-10-21(18(17)2)27-16-20(15-22(27)28)24(30)26-13-11-25(12-14-26)23(29)19-8-4-3-5-9-19/h3-5,8-9,17-18,20-21H,6-7,10-16H2,1-2H3/t17-,18+,20+,21+/m1/s1. The fourth-order valence-corrected chi connectivity index (χ4v) is 5.36. The Hall–Kier alpha value is -2.37. The van der Waals surface area contributed by atoms with Crippen molar-refractivity contribution >= 4 is 17.7 Å². The van der Waals surface area contributed by atoms with Gasteiger partial charge in [0.15, 0.2) is 0 Å². The van der Waals surface area contributed by atoms with E-state index >= 15 is 0 Å². The molecule has 1 aliphatic carbocycles. The topological polar surface area (TPSA) is 60.9 Å². The highest BCUT2D eigenvalue weighted by Crippen LogP contribution is 2.36. The molecule has 162 valence electrons. The first-order valence-electron chi connectivity index (χ1n) is 11.4. The van der Waals surface area contributed by atoms with Gasteiger partial charge in [-0.25, -0.2) is 0 Å². The Morgan fingerprint density at radius 3 is 2.30 bits per heavy atom. The van der Waals surface area contributed by atoms with E-state index in [4.69, 9.17) is 0 Å². The van der Waals surface area contributed by atoms with Crippen LogP contribution in [0.2, 0.25) is 0 Å². The number of hydrogen-bond donors (Lipinski definition) is 0. The van der Waals surface area contributed by atoms with Crippen molar-refractivity contribution in [3.8, 4) is 0 Å². The molecule has 2 heterocycles. The SMILES string of the molecule is C[C@H]1[C@H](C)CCC[C@@H]1N1C[C@@H](C(=O)N2CCN(C(=O)c3ccccc3)CC2)CC1=O. The van der Waals surface area contributed by atoms with Gasteiger partial charge in [-0.15, -0.1) is 0 Å². The van der Waals surface area contributed by atoms with Crippen LogP contribution < -0.4 is 0 Å². The maximum Gasteiger partial charge on any atom is 0.253 e. The molecule has 0 bridgehead atoms. The number of likely N-dealkylation sites (tertiary alicyclic amines) is 1. The molecule has 0 unspecified atom stereocenters. The minimum Gasteiger partial charge on any atom is -0.339 e. The number of amides is 3. The minimum atomic E-state index is -0.238. The van der Waals surface area contributed by atoms with E-state index in [1.807, 2.05) is 45.0 Å². The highest BCUT2D eigenvalue weighted by molar-refractivity contribution is 5.94. The van der Waals surface area contributed by atoms with Gasteiger partial charge in [0.2, 0.25) is 11.8 Å². The van der Waals surface area contributed by atoms with Gasteiger partial charge in [0.25, 0.3) is 5.91 Å². The second kappa shape index (κ2) is 8.78. The van der Waals surface area contributed by atoms with Crippen molar-refractivity contribution < 1.29 is 14.4 Å². The van der Waals surface area contributed by atoms with Crippen LogP contribution in [0, 0.1) is 17.8 Å². The van der Waals surface area contributed by atoms with Gasteiger partial charge in [-0.1, -0.05) is 44.9 Å². The molecule has 6 nitrogen and oxygen atoms in total. The summed E-state index contributed by atoms with van der Waals surface area (Å²) < 4.78 is 0. The molecule has 0 radical (unpaired) electrons. The number of hydrogen-bond acceptors (Lipinski definition) is 3. The van der Waals surface area contributed by atoms with Gasteiger partial charge in [-0.2, -0.15) is 0 Å². The Morgan fingerprint density at radius 2 is 1.60 bits per heavy atom. The fourth-order valence-electron chi connectivity index (χ4n) is 5.36. The third-order valence-electron chi connectivity index (χ3n) is 7.47. The lowest BCUT2D eigenvalue weighted by atomic mass is 9.77. The van der Waals surface area contributed by atoms with Gasteiger partial charge in [-0.05, 0) is 30.4 Å². The number of benzene rings is 1. The van der Waals surface area contributed by atoms with E-state index in [9.17, 15) is 14.4 Å². The number of carbonyl (C=O) groups excluding carboxylic acids is 3. The van der Waals surface area contributed by atoms with Crippen LogP contribution in [0.3, 0.4) is 0 Å². The van der Waals surface area contributed by atoms with Gasteiger partial charge in [0.05, 0.1) is 5.92 Å². The van der Waals surface area contributed by atoms with E-state index in [0.717, 1.165) is 12.8 Å². The van der Waals surface area contributed by atoms with Gasteiger partial charge in [0, 0.05) is 50.7 Å². The van der Waals surface area contributed by atoms with Crippen molar-refractivity contribution in [1.29, 1.82) is 0 Å². The minimum absolute atomic E-state index is 0.0188. The van der Waals surface area contributed by atoms with Gasteiger partial charge in [-0.3, -0.25) is 14.4 Å². The molecule has 0 spiro atoms. The van der Waals surface area contributed by atoms with E-state index in [1.54, 1.807) is 0 Å². The molecule has 30 heavy (non-hydrogen) atoms. The Labute approximate surface area is 179 Å². The first kappa shape index (κ1) is 20.9. The zero-order valence-electron chi connectivity index (χ0n) is 18.1. The number of piperazine rings is 1. The first-order chi connectivity index (χ1) is 14.5. The third kappa shape index (κ3) is 4.09. The summed E-state index contributed by atoms with van der Waals surface area (Å²) in [5, 5.41) is 0. The average Bonchev–Trinajstić information content (AvgIpc) is 3.16. The van der Waals surface area contributed by atoms with Crippen molar-refractivity contribution in [2.45, 2.75) is 45.6 Å². The quantitative estimate of drug-likeness (QED) is 0.768. The lowest BCUT2D eigenvalue weighted by molar-refractivity contribution is -0.137. The summed E-state index contributed by atoms with van der Waals surface area (Å²) >= 11 is 0. The number of rotatable bonds is 3. The predicted octanol–water partition coefficient (Wildman–Crippen LogP) is 2.64. The Morgan fingerprint density at radius 1 is 0.933 bits per heavy atom. The summed E-state index contributed by atoms with van der Waals surface area (Å²) in [5.41, 5.74) is 0.685. The molecule has 1 aromatic rings. The number of carbonyl (C=O) groups is 3. The zero-order chi connectivity index (χ0) is 21.3. The van der Waals surface area contributed by atoms with E-state index in [0.29, 0.717) is 56.5 Å². The van der Waals surface area contributed by atoms with Crippen LogP contribution in [-0.4, -0.2) is 71.2 Å². The maximum atomic E-state index is 13.1. The summed E-state index contributed by atoms with van der Waals surface area (Å²) in [5.74, 6) is 1.11. The van der Waals surface area contributed by atoms with Crippen molar-refractivity contribution in [2.75, 3.05) is 32.7 Å². The van der Waals surface area contributed by atoms with Gasteiger partial charge >= 0.3 is 0 Å². The van der Waals surface area contributed by atoms with Crippen LogP contribution in [0.5, 0.6) is 0 Å². The van der Waals surface area contributed by atoms with Crippen LogP contribution >= 0.6 is 0 Å². The van der Waals surface area contributed by atoms with Gasteiger partial charge < -0.3 is 14.7 Å². The molecule has 6 heteroatoms.